The van der Waals surface area contributed by atoms with Gasteiger partial charge in [-0.2, -0.15) is 0 Å². The van der Waals surface area contributed by atoms with E-state index in [0.29, 0.717) is 23.4 Å². The predicted molar refractivity (Wildman–Crippen MR) is 96.5 cm³/mol. The maximum Gasteiger partial charge on any atom is 0.255 e. The molecule has 5 heteroatoms. The largest absolute Gasteiger partial charge is 0.338 e. The van der Waals surface area contributed by atoms with Gasteiger partial charge in [0.15, 0.2) is 0 Å². The average Bonchev–Trinajstić information content (AvgIpc) is 3.12. The molecular weight excluding hydrogens is 314 g/mol. The number of H-pyrrole nitrogens is 1. The van der Waals surface area contributed by atoms with Gasteiger partial charge < -0.3 is 9.88 Å². The Kier molecular flexibility index (Phi) is 3.96. The number of amides is 1. The van der Waals surface area contributed by atoms with E-state index in [0.717, 1.165) is 19.6 Å². The first kappa shape index (κ1) is 16.1. The minimum Gasteiger partial charge on any atom is -0.338 e. The molecule has 1 amide bonds. The molecule has 25 heavy (non-hydrogen) atoms. The van der Waals surface area contributed by atoms with Crippen LogP contribution in [0.15, 0.2) is 47.4 Å². The summed E-state index contributed by atoms with van der Waals surface area (Å²) in [5.74, 6) is 0.968. The number of nitrogens with zero attached hydrogens (tertiary/aromatic N) is 2. The van der Waals surface area contributed by atoms with E-state index >= 15 is 0 Å². The minimum atomic E-state index is -0.184. The fourth-order valence-electron chi connectivity index (χ4n) is 4.54. The molecule has 3 heterocycles. The topological polar surface area (TPSA) is 56.4 Å². The summed E-state index contributed by atoms with van der Waals surface area (Å²) < 4.78 is 0. The van der Waals surface area contributed by atoms with Crippen LogP contribution in [0.3, 0.4) is 0 Å². The second-order valence-electron chi connectivity index (χ2n) is 7.32. The zero-order valence-corrected chi connectivity index (χ0v) is 14.6. The first-order valence-corrected chi connectivity index (χ1v) is 8.78. The van der Waals surface area contributed by atoms with Gasteiger partial charge in [0, 0.05) is 43.9 Å². The summed E-state index contributed by atoms with van der Waals surface area (Å²) in [5, 5.41) is 0. The quantitative estimate of drug-likeness (QED) is 0.913. The van der Waals surface area contributed by atoms with Gasteiger partial charge >= 0.3 is 0 Å². The Hall–Kier alpha value is -2.40. The van der Waals surface area contributed by atoms with E-state index in [4.69, 9.17) is 0 Å². The van der Waals surface area contributed by atoms with E-state index in [9.17, 15) is 9.59 Å². The maximum absolute atomic E-state index is 12.8. The van der Waals surface area contributed by atoms with Crippen LogP contribution in [-0.4, -0.2) is 47.4 Å². The Morgan fingerprint density at radius 3 is 2.64 bits per heavy atom. The van der Waals surface area contributed by atoms with Crippen LogP contribution in [0.5, 0.6) is 0 Å². The number of hydrogen-bond donors (Lipinski definition) is 1. The summed E-state index contributed by atoms with van der Waals surface area (Å²) in [4.78, 5) is 30.9. The number of pyridine rings is 1. The summed E-state index contributed by atoms with van der Waals surface area (Å²) in [6.45, 7) is 4.73. The highest BCUT2D eigenvalue weighted by Crippen LogP contribution is 2.45. The molecule has 4 rings (SSSR count). The SMILES string of the molecule is Cc1ccccc1[C@@H]1[C@@H]2CN(C(=O)c3ccc(=O)[nH]c3)C[C@@H]2CN1C. The number of fused-ring (bicyclic) bond motifs is 1. The van der Waals surface area contributed by atoms with E-state index in [1.54, 1.807) is 6.07 Å². The lowest BCUT2D eigenvalue weighted by Gasteiger charge is -2.28. The van der Waals surface area contributed by atoms with Gasteiger partial charge in [0.25, 0.3) is 5.91 Å². The summed E-state index contributed by atoms with van der Waals surface area (Å²) in [6.07, 6.45) is 1.52. The second kappa shape index (κ2) is 6.15. The minimum absolute atomic E-state index is 0.0110. The van der Waals surface area contributed by atoms with Crippen LogP contribution >= 0.6 is 0 Å². The molecule has 1 aromatic heterocycles. The van der Waals surface area contributed by atoms with E-state index in [1.165, 1.54) is 23.4 Å². The van der Waals surface area contributed by atoms with Gasteiger partial charge in [0.1, 0.15) is 0 Å². The van der Waals surface area contributed by atoms with Crippen LogP contribution in [0.25, 0.3) is 0 Å². The zero-order valence-electron chi connectivity index (χ0n) is 14.6. The first-order chi connectivity index (χ1) is 12.0. The standard InChI is InChI=1S/C20H23N3O2/c1-13-5-3-4-6-16(13)19-17-12-23(11-15(17)10-22(19)2)20(25)14-7-8-18(24)21-9-14/h3-9,15,17,19H,10-12H2,1-2H3,(H,21,24)/t15-,17+,19+/m0/s1. The van der Waals surface area contributed by atoms with Crippen LogP contribution in [0.1, 0.15) is 27.5 Å². The third-order valence-corrected chi connectivity index (χ3v) is 5.72. The number of hydrogen-bond acceptors (Lipinski definition) is 3. The molecule has 0 bridgehead atoms. The van der Waals surface area contributed by atoms with Gasteiger partial charge in [0.2, 0.25) is 5.56 Å². The number of rotatable bonds is 2. The lowest BCUT2D eigenvalue weighted by Crippen LogP contribution is -2.33. The molecule has 0 radical (unpaired) electrons. The van der Waals surface area contributed by atoms with Crippen molar-refractivity contribution in [2.24, 2.45) is 11.8 Å². The third kappa shape index (κ3) is 2.78. The number of carbonyl (C=O) groups is 1. The van der Waals surface area contributed by atoms with Crippen molar-refractivity contribution >= 4 is 5.91 Å². The molecule has 2 aromatic rings. The van der Waals surface area contributed by atoms with Crippen molar-refractivity contribution in [1.82, 2.24) is 14.8 Å². The number of benzene rings is 1. The molecule has 1 aromatic carbocycles. The molecule has 0 saturated carbocycles. The van der Waals surface area contributed by atoms with Crippen molar-refractivity contribution in [2.75, 3.05) is 26.7 Å². The normalized spacial score (nSPS) is 26.0. The highest BCUT2D eigenvalue weighted by molar-refractivity contribution is 5.94. The Bertz CT molecular complexity index is 840. The molecule has 2 fully saturated rings. The first-order valence-electron chi connectivity index (χ1n) is 8.78. The van der Waals surface area contributed by atoms with Crippen molar-refractivity contribution in [3.63, 3.8) is 0 Å². The second-order valence-corrected chi connectivity index (χ2v) is 7.32. The molecule has 2 saturated heterocycles. The molecule has 5 nitrogen and oxygen atoms in total. The Morgan fingerprint density at radius 2 is 1.92 bits per heavy atom. The van der Waals surface area contributed by atoms with Crippen molar-refractivity contribution in [1.29, 1.82) is 0 Å². The van der Waals surface area contributed by atoms with E-state index < -0.39 is 0 Å². The number of aromatic nitrogens is 1. The number of carbonyl (C=O) groups excluding carboxylic acids is 1. The fraction of sp³-hybridized carbons (Fsp3) is 0.400. The van der Waals surface area contributed by atoms with Gasteiger partial charge in [-0.15, -0.1) is 0 Å². The van der Waals surface area contributed by atoms with Crippen molar-refractivity contribution in [3.05, 3.63) is 69.6 Å². The molecule has 0 unspecified atom stereocenters. The third-order valence-electron chi connectivity index (χ3n) is 5.72. The Balaban J connectivity index is 1.57. The molecule has 2 aliphatic rings. The molecular formula is C20H23N3O2. The molecule has 2 aliphatic heterocycles. The van der Waals surface area contributed by atoms with Crippen LogP contribution in [0, 0.1) is 18.8 Å². The van der Waals surface area contributed by atoms with Crippen molar-refractivity contribution in [3.8, 4) is 0 Å². The number of nitrogens with one attached hydrogen (secondary N) is 1. The number of aromatic amines is 1. The number of likely N-dealkylation sites (tertiary alicyclic amines) is 2. The lowest BCUT2D eigenvalue weighted by atomic mass is 9.88. The van der Waals surface area contributed by atoms with E-state index in [2.05, 4.69) is 48.1 Å². The van der Waals surface area contributed by atoms with Crippen LogP contribution < -0.4 is 5.56 Å². The van der Waals surface area contributed by atoms with Crippen LogP contribution in [0.2, 0.25) is 0 Å². The molecule has 0 aliphatic carbocycles. The average molecular weight is 337 g/mol. The molecule has 130 valence electrons. The van der Waals surface area contributed by atoms with E-state index in [1.807, 2.05) is 4.90 Å². The smallest absolute Gasteiger partial charge is 0.255 e. The fourth-order valence-corrected chi connectivity index (χ4v) is 4.54. The summed E-state index contributed by atoms with van der Waals surface area (Å²) >= 11 is 0. The Morgan fingerprint density at radius 1 is 1.12 bits per heavy atom. The van der Waals surface area contributed by atoms with E-state index in [-0.39, 0.29) is 11.5 Å². The molecule has 3 atom stereocenters. The monoisotopic (exact) mass is 337 g/mol. The highest BCUT2D eigenvalue weighted by Gasteiger charge is 2.47. The van der Waals surface area contributed by atoms with Crippen molar-refractivity contribution < 1.29 is 4.79 Å². The summed E-state index contributed by atoms with van der Waals surface area (Å²) in [7, 11) is 2.18. The van der Waals surface area contributed by atoms with Gasteiger partial charge in [-0.05, 0) is 37.1 Å². The molecule has 0 spiro atoms. The van der Waals surface area contributed by atoms with Gasteiger partial charge in [0.05, 0.1) is 5.56 Å². The molecule has 1 N–H and O–H groups in total. The number of aryl methyl sites for hydroxylation is 1. The van der Waals surface area contributed by atoms with Gasteiger partial charge in [-0.25, -0.2) is 0 Å². The van der Waals surface area contributed by atoms with Gasteiger partial charge in [-0.1, -0.05) is 24.3 Å². The highest BCUT2D eigenvalue weighted by atomic mass is 16.2. The summed E-state index contributed by atoms with van der Waals surface area (Å²) in [6, 6.07) is 11.9. The summed E-state index contributed by atoms with van der Waals surface area (Å²) in [5.41, 5.74) is 3.05. The van der Waals surface area contributed by atoms with Gasteiger partial charge in [-0.3, -0.25) is 14.5 Å². The van der Waals surface area contributed by atoms with Crippen LogP contribution in [-0.2, 0) is 0 Å². The van der Waals surface area contributed by atoms with Crippen molar-refractivity contribution in [2.45, 2.75) is 13.0 Å². The Labute approximate surface area is 147 Å². The lowest BCUT2D eigenvalue weighted by molar-refractivity contribution is 0.0767. The predicted octanol–water partition coefficient (Wildman–Crippen LogP) is 2.06. The zero-order chi connectivity index (χ0) is 17.6. The maximum atomic E-state index is 12.8. The van der Waals surface area contributed by atoms with Crippen LogP contribution in [0.4, 0.5) is 0 Å².